The Bertz CT molecular complexity index is 1090. The number of hydrogen-bond donors (Lipinski definition) is 1. The molecule has 1 aliphatic heterocycles. The molecule has 0 amide bonds. The Morgan fingerprint density at radius 3 is 2.84 bits per heavy atom. The summed E-state index contributed by atoms with van der Waals surface area (Å²) in [6.07, 6.45) is 3.50. The van der Waals surface area contributed by atoms with Gasteiger partial charge in [-0.25, -0.2) is 13.4 Å². The molecular formula is C15H15ClN6O2S. The first-order valence-electron chi connectivity index (χ1n) is 7.56. The highest BCUT2D eigenvalue weighted by Crippen LogP contribution is 2.39. The first-order valence-corrected chi connectivity index (χ1v) is 9.78. The van der Waals surface area contributed by atoms with E-state index in [1.54, 1.807) is 10.9 Å². The van der Waals surface area contributed by atoms with Crippen LogP contribution in [0.25, 0.3) is 11.2 Å². The molecule has 0 bridgehead atoms. The number of fused-ring (bicyclic) bond motifs is 2. The van der Waals surface area contributed by atoms with Crippen molar-refractivity contribution in [3.8, 4) is 0 Å². The molecule has 25 heavy (non-hydrogen) atoms. The fourth-order valence-corrected chi connectivity index (χ4v) is 4.23. The number of nitrogens with one attached hydrogen (secondary N) is 1. The maximum atomic E-state index is 12.1. The van der Waals surface area contributed by atoms with E-state index < -0.39 is 10.0 Å². The van der Waals surface area contributed by atoms with E-state index >= 15 is 0 Å². The minimum atomic E-state index is -3.36. The molecule has 0 aliphatic carbocycles. The summed E-state index contributed by atoms with van der Waals surface area (Å²) in [4.78, 5) is 12.5. The molecule has 0 unspecified atom stereocenters. The smallest absolute Gasteiger partial charge is 0.232 e. The van der Waals surface area contributed by atoms with Crippen LogP contribution in [0.2, 0.25) is 5.28 Å². The van der Waals surface area contributed by atoms with Gasteiger partial charge in [-0.2, -0.15) is 9.97 Å². The second-order valence-electron chi connectivity index (χ2n) is 5.89. The quantitative estimate of drug-likeness (QED) is 0.701. The van der Waals surface area contributed by atoms with Crippen LogP contribution >= 0.6 is 11.6 Å². The summed E-state index contributed by atoms with van der Waals surface area (Å²) in [5.74, 6) is 0.476. The summed E-state index contributed by atoms with van der Waals surface area (Å²) in [6.45, 7) is 0.429. The van der Waals surface area contributed by atoms with Gasteiger partial charge in [0.2, 0.25) is 15.3 Å². The zero-order valence-corrected chi connectivity index (χ0v) is 15.1. The van der Waals surface area contributed by atoms with Gasteiger partial charge in [0.15, 0.2) is 11.5 Å². The van der Waals surface area contributed by atoms with Crippen molar-refractivity contribution in [3.63, 3.8) is 0 Å². The van der Waals surface area contributed by atoms with E-state index in [0.29, 0.717) is 41.3 Å². The van der Waals surface area contributed by atoms with Crippen LogP contribution in [0.1, 0.15) is 5.56 Å². The van der Waals surface area contributed by atoms with Crippen molar-refractivity contribution < 1.29 is 8.42 Å². The van der Waals surface area contributed by atoms with Gasteiger partial charge in [0.1, 0.15) is 5.52 Å². The highest BCUT2D eigenvalue weighted by Gasteiger charge is 2.29. The number of hydrogen-bond acceptors (Lipinski definition) is 6. The van der Waals surface area contributed by atoms with Gasteiger partial charge in [-0.1, -0.05) is 12.1 Å². The lowest BCUT2D eigenvalue weighted by molar-refractivity contribution is 0.598. The Labute approximate surface area is 149 Å². The lowest BCUT2D eigenvalue weighted by Crippen LogP contribution is -2.28. The van der Waals surface area contributed by atoms with Crippen molar-refractivity contribution in [2.75, 3.05) is 22.4 Å². The van der Waals surface area contributed by atoms with Gasteiger partial charge in [0.25, 0.3) is 0 Å². The Hall–Kier alpha value is -2.39. The molecule has 0 saturated heterocycles. The Kier molecular flexibility index (Phi) is 3.58. The van der Waals surface area contributed by atoms with Crippen LogP contribution < -0.4 is 9.62 Å². The molecule has 3 heterocycles. The molecule has 10 heteroatoms. The van der Waals surface area contributed by atoms with Gasteiger partial charge in [-0.15, -0.1) is 0 Å². The molecule has 1 N–H and O–H groups in total. The SMILES string of the molecule is Cn1cnc2nc(Cl)nc(Nc3cccc4c3N(S(C)(=O)=O)CC4)c21. The number of rotatable bonds is 3. The summed E-state index contributed by atoms with van der Waals surface area (Å²) in [6, 6.07) is 5.63. The van der Waals surface area contributed by atoms with Gasteiger partial charge in [-0.05, 0) is 29.7 Å². The Morgan fingerprint density at radius 1 is 1.28 bits per heavy atom. The third-order valence-electron chi connectivity index (χ3n) is 4.15. The molecule has 1 aliphatic rings. The third kappa shape index (κ3) is 2.69. The van der Waals surface area contributed by atoms with E-state index in [4.69, 9.17) is 11.6 Å². The molecular weight excluding hydrogens is 364 g/mol. The number of sulfonamides is 1. The molecule has 0 saturated carbocycles. The molecule has 1 aromatic carbocycles. The third-order valence-corrected chi connectivity index (χ3v) is 5.49. The van der Waals surface area contributed by atoms with Crippen molar-refractivity contribution in [1.82, 2.24) is 19.5 Å². The normalized spacial score (nSPS) is 14.1. The zero-order chi connectivity index (χ0) is 17.8. The molecule has 2 aromatic heterocycles. The standard InChI is InChI=1S/C15H15ClN6O2S/c1-21-8-17-13-12(21)14(20-15(16)19-13)18-10-5-3-4-9-6-7-22(11(9)10)25(2,23)24/h3-5,8H,6-7H2,1-2H3,(H,18,19,20). The maximum Gasteiger partial charge on any atom is 0.232 e. The lowest BCUT2D eigenvalue weighted by Gasteiger charge is -2.20. The van der Waals surface area contributed by atoms with Crippen LogP contribution in [-0.4, -0.2) is 40.7 Å². The van der Waals surface area contributed by atoms with E-state index in [-0.39, 0.29) is 5.28 Å². The number of para-hydroxylation sites is 1. The molecule has 0 atom stereocenters. The predicted molar refractivity (Wildman–Crippen MR) is 96.9 cm³/mol. The number of imidazole rings is 1. The second-order valence-corrected chi connectivity index (χ2v) is 8.14. The lowest BCUT2D eigenvalue weighted by atomic mass is 10.1. The molecule has 0 spiro atoms. The number of benzene rings is 1. The van der Waals surface area contributed by atoms with Crippen LogP contribution in [0.4, 0.5) is 17.2 Å². The Balaban J connectivity index is 1.87. The topological polar surface area (TPSA) is 93.0 Å². The Morgan fingerprint density at radius 2 is 2.08 bits per heavy atom. The van der Waals surface area contributed by atoms with E-state index in [1.165, 1.54) is 10.6 Å². The van der Waals surface area contributed by atoms with Crippen molar-refractivity contribution in [3.05, 3.63) is 35.4 Å². The summed E-state index contributed by atoms with van der Waals surface area (Å²) in [5.41, 5.74) is 3.42. The molecule has 4 rings (SSSR count). The summed E-state index contributed by atoms with van der Waals surface area (Å²) < 4.78 is 27.4. The largest absolute Gasteiger partial charge is 0.337 e. The van der Waals surface area contributed by atoms with Crippen LogP contribution in [0, 0.1) is 0 Å². The monoisotopic (exact) mass is 378 g/mol. The van der Waals surface area contributed by atoms with Crippen LogP contribution in [0.15, 0.2) is 24.5 Å². The fraction of sp³-hybridized carbons (Fsp3) is 0.267. The summed E-state index contributed by atoms with van der Waals surface area (Å²) in [7, 11) is -1.53. The summed E-state index contributed by atoms with van der Waals surface area (Å²) >= 11 is 6.00. The van der Waals surface area contributed by atoms with E-state index in [2.05, 4.69) is 20.3 Å². The van der Waals surface area contributed by atoms with Crippen molar-refractivity contribution in [1.29, 1.82) is 0 Å². The fourth-order valence-electron chi connectivity index (χ4n) is 3.10. The number of aromatic nitrogens is 4. The molecule has 3 aromatic rings. The minimum absolute atomic E-state index is 0.0706. The molecule has 0 radical (unpaired) electrons. The summed E-state index contributed by atoms with van der Waals surface area (Å²) in [5, 5.41) is 3.29. The van der Waals surface area contributed by atoms with E-state index in [1.807, 2.05) is 25.2 Å². The molecule has 8 nitrogen and oxygen atoms in total. The van der Waals surface area contributed by atoms with Crippen molar-refractivity contribution in [2.24, 2.45) is 7.05 Å². The molecule has 0 fully saturated rings. The predicted octanol–water partition coefficient (Wildman–Crippen LogP) is 2.08. The highest BCUT2D eigenvalue weighted by molar-refractivity contribution is 7.92. The maximum absolute atomic E-state index is 12.1. The van der Waals surface area contributed by atoms with Crippen LogP contribution in [-0.2, 0) is 23.5 Å². The van der Waals surface area contributed by atoms with Crippen molar-refractivity contribution in [2.45, 2.75) is 6.42 Å². The van der Waals surface area contributed by atoms with Crippen LogP contribution in [0.3, 0.4) is 0 Å². The van der Waals surface area contributed by atoms with Gasteiger partial charge in [-0.3, -0.25) is 4.31 Å². The zero-order valence-electron chi connectivity index (χ0n) is 13.6. The molecule has 130 valence electrons. The highest BCUT2D eigenvalue weighted by atomic mass is 35.5. The number of aryl methyl sites for hydroxylation is 1. The average molecular weight is 379 g/mol. The van der Waals surface area contributed by atoms with Gasteiger partial charge in [0.05, 0.1) is 24.0 Å². The first-order chi connectivity index (χ1) is 11.8. The van der Waals surface area contributed by atoms with Gasteiger partial charge in [0, 0.05) is 13.6 Å². The minimum Gasteiger partial charge on any atom is -0.337 e. The first kappa shape index (κ1) is 16.1. The van der Waals surface area contributed by atoms with Gasteiger partial charge < -0.3 is 9.88 Å². The van der Waals surface area contributed by atoms with Crippen molar-refractivity contribution >= 4 is 50.0 Å². The second kappa shape index (κ2) is 5.57. The van der Waals surface area contributed by atoms with E-state index in [9.17, 15) is 8.42 Å². The van der Waals surface area contributed by atoms with E-state index in [0.717, 1.165) is 5.56 Å². The van der Waals surface area contributed by atoms with Crippen LogP contribution in [0.5, 0.6) is 0 Å². The number of anilines is 3. The van der Waals surface area contributed by atoms with Gasteiger partial charge >= 0.3 is 0 Å². The number of halogens is 1. The number of nitrogens with zero attached hydrogens (tertiary/aromatic N) is 5. The average Bonchev–Trinajstić information content (AvgIpc) is 3.11.